The van der Waals surface area contributed by atoms with Crippen LogP contribution in [0, 0.1) is 0 Å². The van der Waals surface area contributed by atoms with Crippen LogP contribution in [-0.4, -0.2) is 30.6 Å². The van der Waals surface area contributed by atoms with E-state index in [1.54, 1.807) is 7.11 Å². The Balaban J connectivity index is 1.95. The van der Waals surface area contributed by atoms with Crippen molar-refractivity contribution in [2.45, 2.75) is 32.1 Å². The highest BCUT2D eigenvalue weighted by atomic mass is 16.5. The minimum atomic E-state index is -0.803. The Morgan fingerprint density at radius 2 is 1.83 bits per heavy atom. The summed E-state index contributed by atoms with van der Waals surface area (Å²) in [6, 6.07) is 11.8. The van der Waals surface area contributed by atoms with E-state index in [9.17, 15) is 9.59 Å². The number of carboxylic acid groups (broad SMARTS) is 1. The number of carboxylic acids is 1. The number of rotatable bonds is 8. The Morgan fingerprint density at radius 3 is 2.54 bits per heavy atom. The zero-order valence-corrected chi connectivity index (χ0v) is 14.0. The van der Waals surface area contributed by atoms with Gasteiger partial charge in [-0.05, 0) is 48.2 Å². The molecule has 5 heteroatoms. The lowest BCUT2D eigenvalue weighted by Gasteiger charge is -2.13. The van der Waals surface area contributed by atoms with Gasteiger partial charge in [-0.3, -0.25) is 9.59 Å². The van der Waals surface area contributed by atoms with Crippen molar-refractivity contribution in [2.24, 2.45) is 0 Å². The molecule has 5 nitrogen and oxygen atoms in total. The first-order valence-corrected chi connectivity index (χ1v) is 8.08. The standard InChI is InChI=1S/C19H23NO4/c1-13(19(23)20-10-4-3-5-18(21)22)14-6-7-16-12-17(24-2)9-8-15(16)11-14/h6-9,11-13H,3-5,10H2,1-2H3,(H,20,23)(H,21,22)/t13-/m0/s1. The van der Waals surface area contributed by atoms with E-state index in [1.807, 2.05) is 43.3 Å². The summed E-state index contributed by atoms with van der Waals surface area (Å²) in [5, 5.41) is 13.6. The molecule has 0 spiro atoms. The van der Waals surface area contributed by atoms with Gasteiger partial charge in [-0.1, -0.05) is 24.3 Å². The highest BCUT2D eigenvalue weighted by Gasteiger charge is 2.15. The smallest absolute Gasteiger partial charge is 0.303 e. The average Bonchev–Trinajstić information content (AvgIpc) is 2.59. The lowest BCUT2D eigenvalue weighted by atomic mass is 9.97. The number of carbonyl (C=O) groups is 2. The Hall–Kier alpha value is -2.56. The summed E-state index contributed by atoms with van der Waals surface area (Å²) in [6.07, 6.45) is 1.38. The monoisotopic (exact) mass is 329 g/mol. The van der Waals surface area contributed by atoms with E-state index in [1.165, 1.54) is 0 Å². The minimum absolute atomic E-state index is 0.0433. The normalized spacial score (nSPS) is 11.9. The summed E-state index contributed by atoms with van der Waals surface area (Å²) in [5.41, 5.74) is 0.954. The molecule has 0 aromatic heterocycles. The fraction of sp³-hybridized carbons (Fsp3) is 0.368. The zero-order chi connectivity index (χ0) is 17.5. The first kappa shape index (κ1) is 17.8. The molecule has 0 bridgehead atoms. The number of benzene rings is 2. The largest absolute Gasteiger partial charge is 0.497 e. The van der Waals surface area contributed by atoms with Crippen molar-refractivity contribution in [1.29, 1.82) is 0 Å². The first-order chi connectivity index (χ1) is 11.5. The predicted octanol–water partition coefficient (Wildman–Crippen LogP) is 3.32. The number of hydrogen-bond acceptors (Lipinski definition) is 3. The second-order valence-corrected chi connectivity index (χ2v) is 5.84. The number of methoxy groups -OCH3 is 1. The summed E-state index contributed by atoms with van der Waals surface area (Å²) in [5.74, 6) is -0.293. The van der Waals surface area contributed by atoms with Gasteiger partial charge in [0.05, 0.1) is 13.0 Å². The van der Waals surface area contributed by atoms with Crippen LogP contribution >= 0.6 is 0 Å². The predicted molar refractivity (Wildman–Crippen MR) is 93.4 cm³/mol. The SMILES string of the molecule is COc1ccc2cc([C@H](C)C(=O)NCCCCC(=O)O)ccc2c1. The van der Waals surface area contributed by atoms with Crippen LogP contribution in [0.25, 0.3) is 10.8 Å². The second kappa shape index (κ2) is 8.34. The topological polar surface area (TPSA) is 75.6 Å². The van der Waals surface area contributed by atoms with Gasteiger partial charge in [-0.15, -0.1) is 0 Å². The van der Waals surface area contributed by atoms with Gasteiger partial charge >= 0.3 is 5.97 Å². The molecule has 0 saturated carbocycles. The molecule has 0 aliphatic heterocycles. The maximum atomic E-state index is 12.2. The highest BCUT2D eigenvalue weighted by molar-refractivity contribution is 5.88. The third-order valence-electron chi connectivity index (χ3n) is 4.08. The van der Waals surface area contributed by atoms with Crippen LogP contribution in [0.3, 0.4) is 0 Å². The summed E-state index contributed by atoms with van der Waals surface area (Å²) < 4.78 is 5.22. The Kier molecular flexibility index (Phi) is 6.18. The van der Waals surface area contributed by atoms with E-state index in [4.69, 9.17) is 9.84 Å². The molecule has 0 aliphatic rings. The van der Waals surface area contributed by atoms with Crippen molar-refractivity contribution in [3.8, 4) is 5.75 Å². The van der Waals surface area contributed by atoms with E-state index in [-0.39, 0.29) is 18.2 Å². The van der Waals surface area contributed by atoms with E-state index in [0.29, 0.717) is 19.4 Å². The Labute approximate surface area is 141 Å². The van der Waals surface area contributed by atoms with Crippen LogP contribution < -0.4 is 10.1 Å². The first-order valence-electron chi connectivity index (χ1n) is 8.08. The lowest BCUT2D eigenvalue weighted by molar-refractivity contribution is -0.137. The Morgan fingerprint density at radius 1 is 1.12 bits per heavy atom. The molecule has 0 saturated heterocycles. The van der Waals surface area contributed by atoms with E-state index >= 15 is 0 Å². The molecule has 0 radical (unpaired) electrons. The van der Waals surface area contributed by atoms with E-state index < -0.39 is 5.97 Å². The van der Waals surface area contributed by atoms with Crippen LogP contribution in [0.5, 0.6) is 5.75 Å². The van der Waals surface area contributed by atoms with E-state index in [0.717, 1.165) is 22.1 Å². The zero-order valence-electron chi connectivity index (χ0n) is 14.0. The molecular weight excluding hydrogens is 306 g/mol. The third-order valence-corrected chi connectivity index (χ3v) is 4.08. The second-order valence-electron chi connectivity index (χ2n) is 5.84. The quantitative estimate of drug-likeness (QED) is 0.729. The third kappa shape index (κ3) is 4.72. The molecule has 24 heavy (non-hydrogen) atoms. The van der Waals surface area contributed by atoms with Crippen molar-refractivity contribution >= 4 is 22.6 Å². The molecule has 0 aliphatic carbocycles. The van der Waals surface area contributed by atoms with E-state index in [2.05, 4.69) is 5.32 Å². The van der Waals surface area contributed by atoms with Gasteiger partial charge < -0.3 is 15.2 Å². The minimum Gasteiger partial charge on any atom is -0.497 e. The molecule has 0 heterocycles. The number of aliphatic carboxylic acids is 1. The van der Waals surface area contributed by atoms with Gasteiger partial charge in [0.2, 0.25) is 5.91 Å². The van der Waals surface area contributed by atoms with Gasteiger partial charge in [0.15, 0.2) is 0 Å². The van der Waals surface area contributed by atoms with Crippen LogP contribution in [0.2, 0.25) is 0 Å². The number of unbranched alkanes of at least 4 members (excludes halogenated alkanes) is 1. The molecule has 128 valence electrons. The average molecular weight is 329 g/mol. The van der Waals surface area contributed by atoms with Gasteiger partial charge in [0.25, 0.3) is 0 Å². The Bertz CT molecular complexity index is 726. The summed E-state index contributed by atoms with van der Waals surface area (Å²) in [7, 11) is 1.64. The molecule has 1 atom stereocenters. The van der Waals surface area contributed by atoms with Gasteiger partial charge in [-0.25, -0.2) is 0 Å². The maximum Gasteiger partial charge on any atom is 0.303 e. The number of ether oxygens (including phenoxy) is 1. The summed E-state index contributed by atoms with van der Waals surface area (Å²) in [6.45, 7) is 2.37. The van der Waals surface area contributed by atoms with Crippen molar-refractivity contribution in [2.75, 3.05) is 13.7 Å². The fourth-order valence-electron chi connectivity index (χ4n) is 2.56. The molecule has 1 amide bonds. The van der Waals surface area contributed by atoms with Crippen molar-refractivity contribution in [3.05, 3.63) is 42.0 Å². The molecule has 2 aromatic rings. The lowest BCUT2D eigenvalue weighted by Crippen LogP contribution is -2.28. The van der Waals surface area contributed by atoms with Gasteiger partial charge in [-0.2, -0.15) is 0 Å². The number of amides is 1. The molecular formula is C19H23NO4. The highest BCUT2D eigenvalue weighted by Crippen LogP contribution is 2.25. The molecule has 2 rings (SSSR count). The number of nitrogens with one attached hydrogen (secondary N) is 1. The van der Waals surface area contributed by atoms with Gasteiger partial charge in [0, 0.05) is 13.0 Å². The maximum absolute atomic E-state index is 12.2. The van der Waals surface area contributed by atoms with Crippen molar-refractivity contribution in [3.63, 3.8) is 0 Å². The summed E-state index contributed by atoms with van der Waals surface area (Å²) >= 11 is 0. The van der Waals surface area contributed by atoms with Gasteiger partial charge in [0.1, 0.15) is 5.75 Å². The molecule has 0 unspecified atom stereocenters. The molecule has 2 N–H and O–H groups in total. The van der Waals surface area contributed by atoms with Crippen molar-refractivity contribution in [1.82, 2.24) is 5.32 Å². The number of hydrogen-bond donors (Lipinski definition) is 2. The fourth-order valence-corrected chi connectivity index (χ4v) is 2.56. The van der Waals surface area contributed by atoms with Crippen LogP contribution in [0.15, 0.2) is 36.4 Å². The molecule has 0 fully saturated rings. The molecule has 2 aromatic carbocycles. The number of fused-ring (bicyclic) bond motifs is 1. The number of carbonyl (C=O) groups excluding carboxylic acids is 1. The van der Waals surface area contributed by atoms with Crippen LogP contribution in [0.4, 0.5) is 0 Å². The summed E-state index contributed by atoms with van der Waals surface area (Å²) in [4.78, 5) is 22.7. The van der Waals surface area contributed by atoms with Crippen molar-refractivity contribution < 1.29 is 19.4 Å². The van der Waals surface area contributed by atoms with Crippen LogP contribution in [-0.2, 0) is 9.59 Å². The van der Waals surface area contributed by atoms with Crippen LogP contribution in [0.1, 0.15) is 37.7 Å².